The second kappa shape index (κ2) is 11.6. The number of rotatable bonds is 7. The van der Waals surface area contributed by atoms with Crippen LogP contribution in [-0.4, -0.2) is 94.8 Å². The summed E-state index contributed by atoms with van der Waals surface area (Å²) in [5, 5.41) is 10.2. The molecule has 3 aromatic rings. The lowest BCUT2D eigenvalue weighted by Gasteiger charge is -2.43. The van der Waals surface area contributed by atoms with E-state index in [1.807, 2.05) is 26.8 Å². The third-order valence-electron chi connectivity index (χ3n) is 9.11. The van der Waals surface area contributed by atoms with Gasteiger partial charge in [0.2, 0.25) is 11.9 Å². The summed E-state index contributed by atoms with van der Waals surface area (Å²) >= 11 is 7.03. The zero-order valence-electron chi connectivity index (χ0n) is 26.1. The molecule has 1 amide bonds. The Kier molecular flexibility index (Phi) is 8.00. The molecule has 1 atom stereocenters. The van der Waals surface area contributed by atoms with Crippen molar-refractivity contribution in [1.82, 2.24) is 30.0 Å². The first-order valence-corrected chi connectivity index (χ1v) is 15.6. The first kappa shape index (κ1) is 30.3. The number of anilines is 2. The Morgan fingerprint density at radius 1 is 1.18 bits per heavy atom. The predicted molar refractivity (Wildman–Crippen MR) is 175 cm³/mol. The molecule has 4 heterocycles. The minimum Gasteiger partial charge on any atom is -0.352 e. The maximum Gasteiger partial charge on any atom is 0.246 e. The fraction of sp³-hybridized carbons (Fsp3) is 0.455. The Hall–Kier alpha value is -3.76. The number of allylic oxidation sites excluding steroid dienone is 1. The number of hydrogen-bond donors (Lipinski definition) is 1. The number of carbonyl (C=O) groups is 1. The van der Waals surface area contributed by atoms with Crippen LogP contribution in [0.4, 0.5) is 16.2 Å². The van der Waals surface area contributed by atoms with Crippen molar-refractivity contribution < 1.29 is 9.18 Å². The minimum absolute atomic E-state index is 0.0848. The smallest absolute Gasteiger partial charge is 0.246 e. The van der Waals surface area contributed by atoms with Gasteiger partial charge in [0, 0.05) is 66.9 Å². The van der Waals surface area contributed by atoms with Crippen LogP contribution in [0.2, 0.25) is 5.02 Å². The zero-order chi connectivity index (χ0) is 31.4. The monoisotopic (exact) mass is 618 g/mol. The average Bonchev–Trinajstić information content (AvgIpc) is 3.72. The maximum absolute atomic E-state index is 17.1. The second-order valence-electron chi connectivity index (χ2n) is 12.5. The minimum atomic E-state index is -0.501. The lowest BCUT2D eigenvalue weighted by atomic mass is 9.94. The highest BCUT2D eigenvalue weighted by molar-refractivity contribution is 6.33. The van der Waals surface area contributed by atoms with Crippen molar-refractivity contribution in [1.29, 1.82) is 0 Å². The van der Waals surface area contributed by atoms with Crippen molar-refractivity contribution in [2.24, 2.45) is 0 Å². The van der Waals surface area contributed by atoms with Gasteiger partial charge in [0.25, 0.3) is 0 Å². The van der Waals surface area contributed by atoms with Gasteiger partial charge in [-0.15, -0.1) is 0 Å². The molecule has 1 aliphatic carbocycles. The van der Waals surface area contributed by atoms with E-state index >= 15 is 4.39 Å². The number of halogens is 2. The number of fused-ring (bicyclic) bond motifs is 1. The molecule has 2 aromatic heterocycles. The predicted octanol–water partition coefficient (Wildman–Crippen LogP) is 3.57. The van der Waals surface area contributed by atoms with E-state index in [4.69, 9.17) is 21.6 Å². The Morgan fingerprint density at radius 2 is 1.91 bits per heavy atom. The first-order chi connectivity index (χ1) is 21.0. The van der Waals surface area contributed by atoms with Crippen LogP contribution < -0.4 is 20.4 Å². The molecular formula is C33H40ClFN8O. The molecule has 1 saturated carbocycles. The van der Waals surface area contributed by atoms with Crippen LogP contribution in [-0.2, 0) is 4.79 Å². The summed E-state index contributed by atoms with van der Waals surface area (Å²) in [4.78, 5) is 30.5. The SMILES string of the molecule is C=CC(=O)N1CCN(c2nc(N3CC(N(C)C)C3)nc3c(F)c(/C(C(=C)C)=c4\c(C5CC5)n[nH]\c4=C\C)c(Cl)cc23)C[C@H]1C. The molecule has 1 aromatic carbocycles. The molecular weight excluding hydrogens is 579 g/mol. The fourth-order valence-corrected chi connectivity index (χ4v) is 6.65. The topological polar surface area (TPSA) is 84.5 Å². The number of carbonyl (C=O) groups excluding carboxylic acids is 1. The maximum atomic E-state index is 17.1. The third-order valence-corrected chi connectivity index (χ3v) is 9.41. The standard InChI is InChI=1S/C33H40ClFN8O/c1-8-24-28(30(39-38-24)20-10-11-20)26(18(3)4)27-23(34)14-22-31(29(27)35)36-33(42-16-21(17-42)40(6)7)37-32(22)41-12-13-43(19(5)15-41)25(44)9-2/h8-9,14,19-21,38H,2-3,10-13,15-17H2,1,4-7H3/b24-8+,28-26-/t19-/m1/s1. The van der Waals surface area contributed by atoms with Gasteiger partial charge in [-0.3, -0.25) is 9.89 Å². The molecule has 3 fully saturated rings. The van der Waals surface area contributed by atoms with Crippen molar-refractivity contribution in [3.63, 3.8) is 0 Å². The number of amides is 1. The van der Waals surface area contributed by atoms with Crippen LogP contribution >= 0.6 is 11.6 Å². The van der Waals surface area contributed by atoms with E-state index in [1.54, 1.807) is 11.0 Å². The summed E-state index contributed by atoms with van der Waals surface area (Å²) in [5.41, 5.74) is 2.75. The van der Waals surface area contributed by atoms with E-state index < -0.39 is 5.82 Å². The van der Waals surface area contributed by atoms with Gasteiger partial charge in [-0.25, -0.2) is 9.37 Å². The van der Waals surface area contributed by atoms with Crippen molar-refractivity contribution in [2.45, 2.75) is 51.6 Å². The number of aromatic nitrogens is 4. The summed E-state index contributed by atoms with van der Waals surface area (Å²) in [5.74, 6) is 0.826. The molecule has 1 N–H and O–H groups in total. The van der Waals surface area contributed by atoms with Crippen LogP contribution in [0.15, 0.2) is 30.9 Å². The number of likely N-dealkylation sites (N-methyl/N-ethyl adjacent to an activating group) is 1. The summed E-state index contributed by atoms with van der Waals surface area (Å²) in [6.07, 6.45) is 5.39. The van der Waals surface area contributed by atoms with Gasteiger partial charge >= 0.3 is 0 Å². The molecule has 0 bridgehead atoms. The quantitative estimate of drug-likeness (QED) is 0.405. The number of nitrogens with zero attached hydrogens (tertiary/aromatic N) is 7. The van der Waals surface area contributed by atoms with E-state index in [1.165, 1.54) is 6.08 Å². The lowest BCUT2D eigenvalue weighted by Crippen LogP contribution is -2.58. The van der Waals surface area contributed by atoms with Gasteiger partial charge in [0.15, 0.2) is 5.82 Å². The second-order valence-corrected chi connectivity index (χ2v) is 12.9. The van der Waals surface area contributed by atoms with E-state index in [2.05, 4.69) is 52.2 Å². The Bertz CT molecular complexity index is 1790. The molecule has 0 spiro atoms. The van der Waals surface area contributed by atoms with Gasteiger partial charge in [-0.2, -0.15) is 10.1 Å². The average molecular weight is 619 g/mol. The Morgan fingerprint density at radius 3 is 2.50 bits per heavy atom. The summed E-state index contributed by atoms with van der Waals surface area (Å²) in [6, 6.07) is 2.07. The van der Waals surface area contributed by atoms with Gasteiger partial charge < -0.3 is 19.6 Å². The van der Waals surface area contributed by atoms with Gasteiger partial charge in [0.05, 0.1) is 16.1 Å². The number of H-pyrrole nitrogens is 1. The van der Waals surface area contributed by atoms with Crippen LogP contribution in [0.1, 0.15) is 50.8 Å². The zero-order valence-corrected chi connectivity index (χ0v) is 26.9. The van der Waals surface area contributed by atoms with Gasteiger partial charge in [-0.05, 0) is 71.0 Å². The number of benzene rings is 1. The van der Waals surface area contributed by atoms with E-state index in [0.717, 1.165) is 42.2 Å². The molecule has 9 nitrogen and oxygen atoms in total. The van der Waals surface area contributed by atoms with E-state index in [0.29, 0.717) is 59.9 Å². The third kappa shape index (κ3) is 5.17. The molecule has 11 heteroatoms. The molecule has 0 unspecified atom stereocenters. The van der Waals surface area contributed by atoms with Crippen molar-refractivity contribution in [3.05, 3.63) is 63.5 Å². The summed E-state index contributed by atoms with van der Waals surface area (Å²) in [6.45, 7) is 16.8. The molecule has 232 valence electrons. The molecule has 2 aliphatic heterocycles. The first-order valence-electron chi connectivity index (χ1n) is 15.2. The molecule has 6 rings (SSSR count). The van der Waals surface area contributed by atoms with Crippen LogP contribution in [0.3, 0.4) is 0 Å². The Labute approximate surface area is 262 Å². The largest absolute Gasteiger partial charge is 0.352 e. The fourth-order valence-electron chi connectivity index (χ4n) is 6.37. The summed E-state index contributed by atoms with van der Waals surface area (Å²) in [7, 11) is 4.10. The number of nitrogens with one attached hydrogen (secondary N) is 1. The van der Waals surface area contributed by atoms with Crippen molar-refractivity contribution in [2.75, 3.05) is 56.6 Å². The van der Waals surface area contributed by atoms with Crippen molar-refractivity contribution >= 4 is 51.8 Å². The normalized spacial score (nSPS) is 20.4. The van der Waals surface area contributed by atoms with Crippen LogP contribution in [0.25, 0.3) is 22.6 Å². The Balaban J connectivity index is 1.56. The number of aromatic amines is 1. The molecule has 3 aliphatic rings. The highest BCUT2D eigenvalue weighted by atomic mass is 35.5. The van der Waals surface area contributed by atoms with E-state index in [-0.39, 0.29) is 28.1 Å². The highest BCUT2D eigenvalue weighted by Crippen LogP contribution is 2.40. The number of piperazine rings is 1. The van der Waals surface area contributed by atoms with Gasteiger partial charge in [0.1, 0.15) is 11.3 Å². The van der Waals surface area contributed by atoms with Gasteiger partial charge in [-0.1, -0.05) is 30.8 Å². The van der Waals surface area contributed by atoms with Crippen LogP contribution in [0.5, 0.6) is 0 Å². The lowest BCUT2D eigenvalue weighted by molar-refractivity contribution is -0.128. The molecule has 2 saturated heterocycles. The summed E-state index contributed by atoms with van der Waals surface area (Å²) < 4.78 is 17.1. The molecule has 0 radical (unpaired) electrons. The van der Waals surface area contributed by atoms with Crippen molar-refractivity contribution in [3.8, 4) is 0 Å². The van der Waals surface area contributed by atoms with Crippen LogP contribution in [0, 0.1) is 5.82 Å². The number of hydrogen-bond acceptors (Lipinski definition) is 7. The molecule has 44 heavy (non-hydrogen) atoms. The highest BCUT2D eigenvalue weighted by Gasteiger charge is 2.35. The van der Waals surface area contributed by atoms with E-state index in [9.17, 15) is 4.79 Å².